The minimum atomic E-state index is -0.639. The zero-order valence-electron chi connectivity index (χ0n) is 12.5. The van der Waals surface area contributed by atoms with Crippen molar-refractivity contribution in [2.45, 2.75) is 57.0 Å². The van der Waals surface area contributed by atoms with Crippen LogP contribution in [0.25, 0.3) is 0 Å². The highest BCUT2D eigenvalue weighted by Gasteiger charge is 2.41. The van der Waals surface area contributed by atoms with Crippen LogP contribution < -0.4 is 5.32 Å². The molecule has 2 aliphatic rings. The van der Waals surface area contributed by atoms with E-state index in [4.69, 9.17) is 5.11 Å². The predicted octanol–water partition coefficient (Wildman–Crippen LogP) is 1.95. The average Bonchev–Trinajstić information content (AvgIpc) is 2.26. The Balaban J connectivity index is 1.92. The molecule has 4 heteroatoms. The first-order chi connectivity index (χ1) is 8.94. The van der Waals surface area contributed by atoms with Crippen molar-refractivity contribution in [2.75, 3.05) is 20.6 Å². The summed E-state index contributed by atoms with van der Waals surface area (Å²) >= 11 is 0. The number of rotatable bonds is 5. The Hall–Kier alpha value is -0.610. The molecule has 2 N–H and O–H groups in total. The van der Waals surface area contributed by atoms with Gasteiger partial charge < -0.3 is 15.3 Å². The fourth-order valence-corrected chi connectivity index (χ4v) is 3.72. The minimum absolute atomic E-state index is 0.166. The fourth-order valence-electron chi connectivity index (χ4n) is 3.72. The summed E-state index contributed by atoms with van der Waals surface area (Å²) < 4.78 is 0. The molecule has 0 aromatic heterocycles. The second-order valence-corrected chi connectivity index (χ2v) is 6.83. The van der Waals surface area contributed by atoms with Crippen molar-refractivity contribution in [3.63, 3.8) is 0 Å². The first-order valence-corrected chi connectivity index (χ1v) is 7.58. The van der Waals surface area contributed by atoms with E-state index in [1.54, 1.807) is 0 Å². The third-order valence-corrected chi connectivity index (χ3v) is 5.30. The van der Waals surface area contributed by atoms with Gasteiger partial charge in [0.1, 0.15) is 0 Å². The molecule has 0 spiro atoms. The molecule has 110 valence electrons. The second-order valence-electron chi connectivity index (χ2n) is 6.83. The molecule has 0 bridgehead atoms. The molecule has 0 saturated heterocycles. The van der Waals surface area contributed by atoms with Crippen LogP contribution in [0.5, 0.6) is 0 Å². The van der Waals surface area contributed by atoms with Gasteiger partial charge >= 0.3 is 5.97 Å². The maximum atomic E-state index is 11.1. The van der Waals surface area contributed by atoms with Gasteiger partial charge in [0.2, 0.25) is 0 Å². The molecule has 0 heterocycles. The van der Waals surface area contributed by atoms with Crippen molar-refractivity contribution in [2.24, 2.45) is 11.8 Å². The lowest BCUT2D eigenvalue weighted by molar-refractivity contribution is -0.146. The van der Waals surface area contributed by atoms with Crippen molar-refractivity contribution in [3.05, 3.63) is 0 Å². The van der Waals surface area contributed by atoms with Gasteiger partial charge in [0, 0.05) is 18.1 Å². The molecule has 19 heavy (non-hydrogen) atoms. The van der Waals surface area contributed by atoms with Crippen LogP contribution in [0.4, 0.5) is 0 Å². The van der Waals surface area contributed by atoms with Gasteiger partial charge in [-0.2, -0.15) is 0 Å². The summed E-state index contributed by atoms with van der Waals surface area (Å²) in [5, 5.41) is 12.6. The molecule has 0 aromatic rings. The van der Waals surface area contributed by atoms with Crippen molar-refractivity contribution >= 4 is 5.97 Å². The maximum Gasteiger partial charge on any atom is 0.308 e. The van der Waals surface area contributed by atoms with Gasteiger partial charge in [-0.05, 0) is 45.7 Å². The zero-order chi connectivity index (χ0) is 14.0. The van der Waals surface area contributed by atoms with E-state index in [0.29, 0.717) is 0 Å². The molecule has 2 saturated carbocycles. The van der Waals surface area contributed by atoms with E-state index < -0.39 is 5.97 Å². The molecule has 0 amide bonds. The number of likely N-dealkylation sites (N-methyl/N-ethyl adjacent to an activating group) is 1. The van der Waals surface area contributed by atoms with Crippen molar-refractivity contribution in [1.82, 2.24) is 10.2 Å². The number of carboxylic acids is 1. The highest BCUT2D eigenvalue weighted by atomic mass is 16.4. The van der Waals surface area contributed by atoms with E-state index in [1.165, 1.54) is 25.7 Å². The molecule has 0 aromatic carbocycles. The van der Waals surface area contributed by atoms with E-state index in [-0.39, 0.29) is 17.5 Å². The quantitative estimate of drug-likeness (QED) is 0.800. The summed E-state index contributed by atoms with van der Waals surface area (Å²) in [5.74, 6) is -0.0329. The number of hydrogen-bond donors (Lipinski definition) is 2. The van der Waals surface area contributed by atoms with Crippen LogP contribution in [-0.2, 0) is 4.79 Å². The predicted molar refractivity (Wildman–Crippen MR) is 76.2 cm³/mol. The zero-order valence-corrected chi connectivity index (χ0v) is 12.5. The third-order valence-electron chi connectivity index (χ3n) is 5.30. The number of carboxylic acid groups (broad SMARTS) is 1. The topological polar surface area (TPSA) is 52.6 Å². The summed E-state index contributed by atoms with van der Waals surface area (Å²) in [6.07, 6.45) is 6.90. The first-order valence-electron chi connectivity index (χ1n) is 7.58. The number of aliphatic carboxylic acids is 1. The molecule has 2 fully saturated rings. The van der Waals surface area contributed by atoms with Gasteiger partial charge in [0.25, 0.3) is 0 Å². The Bertz CT molecular complexity index is 332. The van der Waals surface area contributed by atoms with Crippen LogP contribution in [0.1, 0.15) is 45.4 Å². The van der Waals surface area contributed by atoms with Crippen LogP contribution in [-0.4, -0.2) is 48.2 Å². The SMILES string of the molecule is CC1CCCC(CNC2CCC2C(=O)O)(N(C)C)C1. The van der Waals surface area contributed by atoms with Crippen LogP contribution in [0.15, 0.2) is 0 Å². The van der Waals surface area contributed by atoms with E-state index in [0.717, 1.165) is 25.3 Å². The average molecular weight is 268 g/mol. The van der Waals surface area contributed by atoms with Crippen LogP contribution >= 0.6 is 0 Å². The Morgan fingerprint density at radius 2 is 2.11 bits per heavy atom. The van der Waals surface area contributed by atoms with Crippen molar-refractivity contribution < 1.29 is 9.90 Å². The molecule has 0 radical (unpaired) electrons. The monoisotopic (exact) mass is 268 g/mol. The maximum absolute atomic E-state index is 11.1. The lowest BCUT2D eigenvalue weighted by Crippen LogP contribution is -2.58. The van der Waals surface area contributed by atoms with Gasteiger partial charge in [-0.15, -0.1) is 0 Å². The van der Waals surface area contributed by atoms with E-state index in [1.807, 2.05) is 0 Å². The lowest BCUT2D eigenvalue weighted by Gasteiger charge is -2.47. The molecule has 2 rings (SSSR count). The largest absolute Gasteiger partial charge is 0.481 e. The van der Waals surface area contributed by atoms with Gasteiger partial charge in [0.15, 0.2) is 0 Å². The lowest BCUT2D eigenvalue weighted by atomic mass is 9.74. The molecular formula is C15H28N2O2. The minimum Gasteiger partial charge on any atom is -0.481 e. The highest BCUT2D eigenvalue weighted by Crippen LogP contribution is 2.36. The standard InChI is InChI=1S/C15H28N2O2/c1-11-5-4-8-15(9-11,17(2)3)10-16-13-7-6-12(13)14(18)19/h11-13,16H,4-10H2,1-3H3,(H,18,19). The van der Waals surface area contributed by atoms with Crippen LogP contribution in [0, 0.1) is 11.8 Å². The van der Waals surface area contributed by atoms with Crippen molar-refractivity contribution in [1.29, 1.82) is 0 Å². The normalized spacial score (nSPS) is 39.1. The number of nitrogens with zero attached hydrogens (tertiary/aromatic N) is 1. The molecule has 2 aliphatic carbocycles. The van der Waals surface area contributed by atoms with Gasteiger partial charge in [0.05, 0.1) is 5.92 Å². The Kier molecular flexibility index (Phi) is 4.51. The smallest absolute Gasteiger partial charge is 0.308 e. The summed E-state index contributed by atoms with van der Waals surface area (Å²) in [4.78, 5) is 13.4. The molecular weight excluding hydrogens is 240 g/mol. The highest BCUT2D eigenvalue weighted by molar-refractivity contribution is 5.72. The van der Waals surface area contributed by atoms with Crippen LogP contribution in [0.2, 0.25) is 0 Å². The molecule has 4 nitrogen and oxygen atoms in total. The molecule has 0 aliphatic heterocycles. The van der Waals surface area contributed by atoms with E-state index in [2.05, 4.69) is 31.2 Å². The van der Waals surface area contributed by atoms with E-state index in [9.17, 15) is 4.79 Å². The van der Waals surface area contributed by atoms with Gasteiger partial charge in [-0.3, -0.25) is 4.79 Å². The number of nitrogens with one attached hydrogen (secondary N) is 1. The van der Waals surface area contributed by atoms with Crippen molar-refractivity contribution in [3.8, 4) is 0 Å². The van der Waals surface area contributed by atoms with Gasteiger partial charge in [-0.25, -0.2) is 0 Å². The number of carbonyl (C=O) groups is 1. The third kappa shape index (κ3) is 3.11. The first kappa shape index (κ1) is 14.8. The second kappa shape index (κ2) is 5.80. The van der Waals surface area contributed by atoms with Crippen LogP contribution in [0.3, 0.4) is 0 Å². The Morgan fingerprint density at radius 1 is 1.37 bits per heavy atom. The molecule has 4 atom stereocenters. The Morgan fingerprint density at radius 3 is 2.58 bits per heavy atom. The summed E-state index contributed by atoms with van der Waals surface area (Å²) in [6, 6.07) is 0.187. The fraction of sp³-hybridized carbons (Fsp3) is 0.933. The Labute approximate surface area is 116 Å². The summed E-state index contributed by atoms with van der Waals surface area (Å²) in [5.41, 5.74) is 0.219. The van der Waals surface area contributed by atoms with Gasteiger partial charge in [-0.1, -0.05) is 19.8 Å². The number of hydrogen-bond acceptors (Lipinski definition) is 3. The molecule has 4 unspecified atom stereocenters. The summed E-state index contributed by atoms with van der Waals surface area (Å²) in [6.45, 7) is 3.26. The summed E-state index contributed by atoms with van der Waals surface area (Å²) in [7, 11) is 4.32. The van der Waals surface area contributed by atoms with E-state index >= 15 is 0 Å².